The molecular weight excluding hydrogens is 143 g/mol. The van der Waals surface area contributed by atoms with Crippen molar-refractivity contribution in [2.45, 2.75) is 5.63 Å². The van der Waals surface area contributed by atoms with E-state index in [1.807, 2.05) is 0 Å². The quantitative estimate of drug-likeness (QED) is 0.564. The third-order valence-electron chi connectivity index (χ3n) is 0.781. The molecule has 0 amide bonds. The first-order chi connectivity index (χ1) is 4.30. The molecule has 0 saturated heterocycles. The topological polar surface area (TPSA) is 25.8 Å². The van der Waals surface area contributed by atoms with Crippen LogP contribution >= 0.6 is 11.6 Å². The lowest BCUT2D eigenvalue weighted by molar-refractivity contribution is 0.441. The molecule has 0 aliphatic rings. The van der Waals surface area contributed by atoms with Crippen LogP contribution < -0.4 is 0 Å². The second kappa shape index (κ2) is 2.73. The van der Waals surface area contributed by atoms with Gasteiger partial charge in [-0.25, -0.2) is 14.4 Å². The molecule has 0 aromatic carbocycles. The van der Waals surface area contributed by atoms with Gasteiger partial charge in [0, 0.05) is 12.4 Å². The molecule has 1 atom stereocenters. The Kier molecular flexibility index (Phi) is 1.95. The highest BCUT2D eigenvalue weighted by Gasteiger charge is 2.04. The zero-order valence-corrected chi connectivity index (χ0v) is 5.22. The van der Waals surface area contributed by atoms with Crippen molar-refractivity contribution in [3.8, 4) is 0 Å². The number of nitrogens with zero attached hydrogens (tertiary/aromatic N) is 2. The minimum absolute atomic E-state index is 0.0131. The maximum Gasteiger partial charge on any atom is 0.232 e. The molecule has 1 aromatic rings. The zero-order valence-electron chi connectivity index (χ0n) is 4.46. The summed E-state index contributed by atoms with van der Waals surface area (Å²) < 4.78 is 12.1. The Morgan fingerprint density at radius 2 is 2.00 bits per heavy atom. The average Bonchev–Trinajstić information content (AvgIpc) is 1.90. The molecule has 1 heterocycles. The summed E-state index contributed by atoms with van der Waals surface area (Å²) in [6.07, 6.45) is 2.88. The third kappa shape index (κ3) is 1.61. The summed E-state index contributed by atoms with van der Waals surface area (Å²) in [6.45, 7) is 0. The highest BCUT2D eigenvalue weighted by Crippen LogP contribution is 2.15. The predicted octanol–water partition coefficient (Wildman–Crippen LogP) is 1.68. The summed E-state index contributed by atoms with van der Waals surface area (Å²) in [5.41, 5.74) is -1.59. The van der Waals surface area contributed by atoms with E-state index in [1.54, 1.807) is 6.07 Å². The number of hydrogen-bond acceptors (Lipinski definition) is 2. The summed E-state index contributed by atoms with van der Waals surface area (Å²) in [5, 5.41) is 0. The molecule has 0 spiro atoms. The highest BCUT2D eigenvalue weighted by molar-refractivity contribution is 6.19. The van der Waals surface area contributed by atoms with E-state index in [0.717, 1.165) is 0 Å². The van der Waals surface area contributed by atoms with E-state index in [1.165, 1.54) is 12.4 Å². The fraction of sp³-hybridized carbons (Fsp3) is 0.200. The van der Waals surface area contributed by atoms with Crippen LogP contribution in [0.15, 0.2) is 18.5 Å². The van der Waals surface area contributed by atoms with Crippen LogP contribution in [0.3, 0.4) is 0 Å². The predicted molar refractivity (Wildman–Crippen MR) is 31.7 cm³/mol. The maximum absolute atomic E-state index is 12.1. The van der Waals surface area contributed by atoms with E-state index < -0.39 is 5.63 Å². The molecule has 0 N–H and O–H groups in total. The fourth-order valence-electron chi connectivity index (χ4n) is 0.423. The molecule has 0 saturated carbocycles. The van der Waals surface area contributed by atoms with Gasteiger partial charge >= 0.3 is 0 Å². The molecule has 48 valence electrons. The number of aromatic nitrogens is 2. The second-order valence-electron chi connectivity index (χ2n) is 1.41. The Balaban J connectivity index is 2.85. The van der Waals surface area contributed by atoms with Crippen molar-refractivity contribution in [3.63, 3.8) is 0 Å². The lowest BCUT2D eigenvalue weighted by Gasteiger charge is -1.93. The van der Waals surface area contributed by atoms with Gasteiger partial charge < -0.3 is 0 Å². The Labute approximate surface area is 56.7 Å². The van der Waals surface area contributed by atoms with Crippen LogP contribution in [-0.2, 0) is 0 Å². The Bertz CT molecular complexity index is 178. The number of rotatable bonds is 1. The van der Waals surface area contributed by atoms with Crippen LogP contribution in [0.25, 0.3) is 0 Å². The monoisotopic (exact) mass is 146 g/mol. The van der Waals surface area contributed by atoms with E-state index in [-0.39, 0.29) is 5.82 Å². The van der Waals surface area contributed by atoms with Gasteiger partial charge in [0.2, 0.25) is 5.63 Å². The van der Waals surface area contributed by atoms with Gasteiger partial charge in [-0.1, -0.05) is 11.6 Å². The first-order valence-electron chi connectivity index (χ1n) is 2.36. The summed E-state index contributed by atoms with van der Waals surface area (Å²) in [6, 6.07) is 1.60. The molecule has 0 aliphatic heterocycles. The summed E-state index contributed by atoms with van der Waals surface area (Å²) in [5.74, 6) is 0.0131. The zero-order chi connectivity index (χ0) is 6.69. The van der Waals surface area contributed by atoms with Crippen LogP contribution in [0.2, 0.25) is 0 Å². The maximum atomic E-state index is 12.1. The van der Waals surface area contributed by atoms with Gasteiger partial charge in [0.1, 0.15) is 0 Å². The van der Waals surface area contributed by atoms with Gasteiger partial charge in [0.25, 0.3) is 0 Å². The number of halogens is 2. The van der Waals surface area contributed by atoms with Gasteiger partial charge in [-0.05, 0) is 6.07 Å². The average molecular weight is 147 g/mol. The van der Waals surface area contributed by atoms with Crippen LogP contribution in [0.1, 0.15) is 11.5 Å². The minimum Gasteiger partial charge on any atom is -0.237 e. The smallest absolute Gasteiger partial charge is 0.232 e. The van der Waals surface area contributed by atoms with Crippen molar-refractivity contribution >= 4 is 11.6 Å². The minimum atomic E-state index is -1.59. The first-order valence-corrected chi connectivity index (χ1v) is 2.79. The van der Waals surface area contributed by atoms with Crippen LogP contribution in [0.5, 0.6) is 0 Å². The van der Waals surface area contributed by atoms with E-state index in [0.29, 0.717) is 0 Å². The number of alkyl halides is 2. The van der Waals surface area contributed by atoms with Gasteiger partial charge in [-0.2, -0.15) is 0 Å². The molecule has 0 bridgehead atoms. The first kappa shape index (κ1) is 6.42. The lowest BCUT2D eigenvalue weighted by Crippen LogP contribution is -1.90. The molecule has 1 rings (SSSR count). The Hall–Kier alpha value is -0.700. The SMILES string of the molecule is FC(Cl)c1ncccn1. The highest BCUT2D eigenvalue weighted by atomic mass is 35.5. The largest absolute Gasteiger partial charge is 0.237 e. The Morgan fingerprint density at radius 1 is 1.44 bits per heavy atom. The normalized spacial score (nSPS) is 13.1. The Morgan fingerprint density at radius 3 is 2.33 bits per heavy atom. The molecule has 1 aromatic heterocycles. The van der Waals surface area contributed by atoms with E-state index in [4.69, 9.17) is 11.6 Å². The van der Waals surface area contributed by atoms with Gasteiger partial charge in [0.05, 0.1) is 0 Å². The van der Waals surface area contributed by atoms with Crippen LogP contribution in [0.4, 0.5) is 4.39 Å². The summed E-state index contributed by atoms with van der Waals surface area (Å²) in [4.78, 5) is 7.12. The van der Waals surface area contributed by atoms with Gasteiger partial charge in [-0.3, -0.25) is 0 Å². The number of hydrogen-bond donors (Lipinski definition) is 0. The standard InChI is InChI=1S/C5H4ClFN2/c6-4(7)5-8-2-1-3-9-5/h1-4H. The van der Waals surface area contributed by atoms with Gasteiger partial charge in [-0.15, -0.1) is 0 Å². The molecule has 9 heavy (non-hydrogen) atoms. The van der Waals surface area contributed by atoms with Crippen molar-refractivity contribution in [1.29, 1.82) is 0 Å². The molecule has 0 radical (unpaired) electrons. The lowest BCUT2D eigenvalue weighted by atomic mass is 10.6. The van der Waals surface area contributed by atoms with Gasteiger partial charge in [0.15, 0.2) is 5.82 Å². The molecule has 2 nitrogen and oxygen atoms in total. The fourth-order valence-corrected chi connectivity index (χ4v) is 0.536. The second-order valence-corrected chi connectivity index (χ2v) is 1.79. The van der Waals surface area contributed by atoms with Crippen molar-refractivity contribution in [3.05, 3.63) is 24.3 Å². The van der Waals surface area contributed by atoms with Crippen molar-refractivity contribution in [2.24, 2.45) is 0 Å². The van der Waals surface area contributed by atoms with E-state index in [2.05, 4.69) is 9.97 Å². The van der Waals surface area contributed by atoms with E-state index >= 15 is 0 Å². The van der Waals surface area contributed by atoms with Crippen molar-refractivity contribution < 1.29 is 4.39 Å². The van der Waals surface area contributed by atoms with E-state index in [9.17, 15) is 4.39 Å². The third-order valence-corrected chi connectivity index (χ3v) is 0.976. The van der Waals surface area contributed by atoms with Crippen LogP contribution in [-0.4, -0.2) is 9.97 Å². The molecule has 0 fully saturated rings. The molecule has 4 heteroatoms. The van der Waals surface area contributed by atoms with Crippen molar-refractivity contribution in [2.75, 3.05) is 0 Å². The summed E-state index contributed by atoms with van der Waals surface area (Å²) in [7, 11) is 0. The van der Waals surface area contributed by atoms with Crippen LogP contribution in [0, 0.1) is 0 Å². The summed E-state index contributed by atoms with van der Waals surface area (Å²) >= 11 is 5.01. The molecular formula is C5H4ClFN2. The van der Waals surface area contributed by atoms with Crippen molar-refractivity contribution in [1.82, 2.24) is 9.97 Å². The molecule has 1 unspecified atom stereocenters. The molecule has 0 aliphatic carbocycles.